The number of benzene rings is 4. The summed E-state index contributed by atoms with van der Waals surface area (Å²) in [4.78, 5) is 0. The molecule has 2 aromatic heterocycles. The maximum absolute atomic E-state index is 6.20. The van der Waals surface area contributed by atoms with E-state index in [-0.39, 0.29) is 0 Å². The van der Waals surface area contributed by atoms with E-state index < -0.39 is 0 Å². The molecule has 0 bridgehead atoms. The van der Waals surface area contributed by atoms with E-state index in [9.17, 15) is 0 Å². The Bertz CT molecular complexity index is 1430. The molecular weight excluding hydrogens is 344 g/mol. The smallest absolute Gasteiger partial charge is 0.143 e. The highest BCUT2D eigenvalue weighted by Crippen LogP contribution is 2.38. The first-order valence-corrected chi connectivity index (χ1v) is 9.70. The van der Waals surface area contributed by atoms with Crippen LogP contribution in [0.1, 0.15) is 13.8 Å². The highest BCUT2D eigenvalue weighted by molar-refractivity contribution is 6.11. The predicted molar refractivity (Wildman–Crippen MR) is 118 cm³/mol. The van der Waals surface area contributed by atoms with E-state index in [1.54, 1.807) is 0 Å². The molecule has 2 nitrogen and oxygen atoms in total. The molecule has 136 valence electrons. The summed E-state index contributed by atoms with van der Waals surface area (Å²) in [5, 5.41) is 4.57. The van der Waals surface area contributed by atoms with Crippen molar-refractivity contribution in [1.29, 1.82) is 0 Å². The van der Waals surface area contributed by atoms with Crippen molar-refractivity contribution in [3.8, 4) is 11.1 Å². The lowest BCUT2D eigenvalue weighted by Crippen LogP contribution is -1.79. The van der Waals surface area contributed by atoms with Crippen molar-refractivity contribution in [1.82, 2.24) is 0 Å². The average Bonchev–Trinajstić information content (AvgIpc) is 3.33. The van der Waals surface area contributed by atoms with Crippen molar-refractivity contribution in [2.75, 3.05) is 0 Å². The van der Waals surface area contributed by atoms with Gasteiger partial charge in [-0.1, -0.05) is 74.5 Å². The van der Waals surface area contributed by atoms with E-state index in [2.05, 4.69) is 42.5 Å². The molecule has 0 atom stereocenters. The zero-order valence-corrected chi connectivity index (χ0v) is 15.9. The largest absolute Gasteiger partial charge is 0.456 e. The number of hydrogen-bond acceptors (Lipinski definition) is 2. The quantitative estimate of drug-likeness (QED) is 0.294. The molecule has 0 aliphatic heterocycles. The molecule has 28 heavy (non-hydrogen) atoms. The van der Waals surface area contributed by atoms with Crippen LogP contribution in [0.15, 0.2) is 93.8 Å². The summed E-state index contributed by atoms with van der Waals surface area (Å²) in [6.07, 6.45) is 0. The predicted octanol–water partition coefficient (Wildman–Crippen LogP) is 8.18. The molecule has 2 heterocycles. The summed E-state index contributed by atoms with van der Waals surface area (Å²) in [7, 11) is 0. The van der Waals surface area contributed by atoms with Crippen molar-refractivity contribution in [2.24, 2.45) is 0 Å². The van der Waals surface area contributed by atoms with Gasteiger partial charge >= 0.3 is 0 Å². The van der Waals surface area contributed by atoms with Gasteiger partial charge in [-0.2, -0.15) is 0 Å². The summed E-state index contributed by atoms with van der Waals surface area (Å²) in [6, 6.07) is 29.0. The van der Waals surface area contributed by atoms with Crippen LogP contribution in [-0.4, -0.2) is 0 Å². The first kappa shape index (κ1) is 16.6. The Morgan fingerprint density at radius 2 is 1.11 bits per heavy atom. The van der Waals surface area contributed by atoms with E-state index in [1.807, 2.05) is 56.3 Å². The van der Waals surface area contributed by atoms with Crippen LogP contribution in [-0.2, 0) is 0 Å². The molecule has 2 heteroatoms. The van der Waals surface area contributed by atoms with Crippen LogP contribution < -0.4 is 0 Å². The molecule has 0 fully saturated rings. The molecular formula is C26H20O2. The Hall–Kier alpha value is -3.52. The lowest BCUT2D eigenvalue weighted by Gasteiger charge is -2.03. The summed E-state index contributed by atoms with van der Waals surface area (Å²) in [5.41, 5.74) is 5.92. The van der Waals surface area contributed by atoms with Crippen LogP contribution >= 0.6 is 0 Å². The van der Waals surface area contributed by atoms with Crippen LogP contribution in [0.5, 0.6) is 0 Å². The first-order valence-electron chi connectivity index (χ1n) is 9.70. The van der Waals surface area contributed by atoms with Crippen molar-refractivity contribution in [3.05, 3.63) is 84.9 Å². The molecule has 0 N–H and O–H groups in total. The Balaban J connectivity index is 0.000000829. The number of para-hydroxylation sites is 3. The number of hydrogen-bond donors (Lipinski definition) is 0. The summed E-state index contributed by atoms with van der Waals surface area (Å²) in [5.74, 6) is 0. The summed E-state index contributed by atoms with van der Waals surface area (Å²) < 4.78 is 12.2. The molecule has 0 saturated heterocycles. The monoisotopic (exact) mass is 364 g/mol. The Labute approximate surface area is 163 Å². The van der Waals surface area contributed by atoms with E-state index in [0.717, 1.165) is 55.0 Å². The molecule has 6 aromatic rings. The molecule has 0 spiro atoms. The van der Waals surface area contributed by atoms with Gasteiger partial charge in [0.1, 0.15) is 22.3 Å². The van der Waals surface area contributed by atoms with Gasteiger partial charge in [-0.25, -0.2) is 0 Å². The highest BCUT2D eigenvalue weighted by Gasteiger charge is 2.13. The van der Waals surface area contributed by atoms with Crippen LogP contribution in [0.25, 0.3) is 55.0 Å². The average molecular weight is 364 g/mol. The fraction of sp³-hybridized carbons (Fsp3) is 0.0769. The van der Waals surface area contributed by atoms with Gasteiger partial charge in [-0.3, -0.25) is 0 Å². The third-order valence-corrected chi connectivity index (χ3v) is 5.09. The minimum Gasteiger partial charge on any atom is -0.456 e. The molecule has 0 aliphatic carbocycles. The van der Waals surface area contributed by atoms with Gasteiger partial charge in [-0.05, 0) is 29.8 Å². The van der Waals surface area contributed by atoms with Crippen molar-refractivity contribution in [3.63, 3.8) is 0 Å². The minimum absolute atomic E-state index is 0.909. The number of rotatable bonds is 1. The summed E-state index contributed by atoms with van der Waals surface area (Å²) >= 11 is 0. The highest BCUT2D eigenvalue weighted by atomic mass is 16.3. The SMILES string of the molecule is CC.c1ccc2c(c1)oc1ccc(-c3cccc4c3oc3ccccc34)cc12. The number of furan rings is 2. The minimum atomic E-state index is 0.909. The zero-order valence-electron chi connectivity index (χ0n) is 15.9. The van der Waals surface area contributed by atoms with Crippen molar-refractivity contribution >= 4 is 43.9 Å². The molecule has 4 aromatic carbocycles. The molecule has 6 rings (SSSR count). The van der Waals surface area contributed by atoms with Crippen LogP contribution in [0.3, 0.4) is 0 Å². The maximum Gasteiger partial charge on any atom is 0.143 e. The molecule has 0 saturated carbocycles. The van der Waals surface area contributed by atoms with Crippen molar-refractivity contribution in [2.45, 2.75) is 13.8 Å². The Morgan fingerprint density at radius 1 is 0.500 bits per heavy atom. The van der Waals surface area contributed by atoms with E-state index in [4.69, 9.17) is 8.83 Å². The fourth-order valence-electron chi connectivity index (χ4n) is 3.87. The van der Waals surface area contributed by atoms with Crippen molar-refractivity contribution < 1.29 is 8.83 Å². The van der Waals surface area contributed by atoms with Gasteiger partial charge in [0.2, 0.25) is 0 Å². The van der Waals surface area contributed by atoms with Gasteiger partial charge in [0.25, 0.3) is 0 Å². The van der Waals surface area contributed by atoms with Gasteiger partial charge in [0.15, 0.2) is 0 Å². The lowest BCUT2D eigenvalue weighted by atomic mass is 10.0. The van der Waals surface area contributed by atoms with E-state index >= 15 is 0 Å². The summed E-state index contributed by atoms with van der Waals surface area (Å²) in [6.45, 7) is 4.00. The maximum atomic E-state index is 6.20. The second kappa shape index (κ2) is 6.58. The topological polar surface area (TPSA) is 26.3 Å². The molecule has 0 radical (unpaired) electrons. The van der Waals surface area contributed by atoms with Crippen LogP contribution in [0, 0.1) is 0 Å². The Kier molecular flexibility index (Phi) is 3.91. The van der Waals surface area contributed by atoms with E-state index in [0.29, 0.717) is 0 Å². The van der Waals surface area contributed by atoms with Gasteiger partial charge in [-0.15, -0.1) is 0 Å². The van der Waals surface area contributed by atoms with Gasteiger partial charge < -0.3 is 8.83 Å². The van der Waals surface area contributed by atoms with Gasteiger partial charge in [0, 0.05) is 27.1 Å². The second-order valence-electron chi connectivity index (χ2n) is 6.59. The first-order chi connectivity index (χ1) is 13.9. The fourth-order valence-corrected chi connectivity index (χ4v) is 3.87. The zero-order chi connectivity index (χ0) is 19.1. The Morgan fingerprint density at radius 3 is 1.89 bits per heavy atom. The molecule has 0 amide bonds. The standard InChI is InChI=1S/C24H14O2.C2H6/c1-4-11-22-17(6-1)19-9-5-8-16(24(19)26-22)15-12-13-23-20(14-15)18-7-2-3-10-21(18)25-23;1-2/h1-14H;1-2H3. The second-order valence-corrected chi connectivity index (χ2v) is 6.59. The van der Waals surface area contributed by atoms with E-state index in [1.165, 1.54) is 0 Å². The third-order valence-electron chi connectivity index (χ3n) is 5.09. The normalized spacial score (nSPS) is 11.2. The molecule has 0 unspecified atom stereocenters. The number of fused-ring (bicyclic) bond motifs is 6. The molecule has 0 aliphatic rings. The van der Waals surface area contributed by atoms with Crippen LogP contribution in [0.2, 0.25) is 0 Å². The third kappa shape index (κ3) is 2.42. The van der Waals surface area contributed by atoms with Crippen LogP contribution in [0.4, 0.5) is 0 Å². The lowest BCUT2D eigenvalue weighted by molar-refractivity contribution is 0.668. The van der Waals surface area contributed by atoms with Gasteiger partial charge in [0.05, 0.1) is 0 Å².